The monoisotopic (exact) mass is 306 g/mol. The molecule has 104 valence electrons. The predicted molar refractivity (Wildman–Crippen MR) is 66.2 cm³/mol. The van der Waals surface area contributed by atoms with E-state index in [0.29, 0.717) is 0 Å². The second-order valence-corrected chi connectivity index (χ2v) is 7.23. The minimum absolute atomic E-state index is 0.0818. The molecule has 0 radical (unpaired) electrons. The molecule has 1 aromatic rings. The first-order valence-corrected chi connectivity index (χ1v) is 7.91. The average molecular weight is 306 g/mol. The van der Waals surface area contributed by atoms with Gasteiger partial charge in [-0.25, -0.2) is 0 Å². The number of benzene rings is 1. The summed E-state index contributed by atoms with van der Waals surface area (Å²) in [5.74, 6) is 0. The molecule has 0 fully saturated rings. The number of hydrogen-bond acceptors (Lipinski definition) is 5. The Morgan fingerprint density at radius 1 is 1.05 bits per heavy atom. The zero-order chi connectivity index (χ0) is 14.5. The molecule has 9 heteroatoms. The topological polar surface area (TPSA) is 129 Å². The van der Waals surface area contributed by atoms with Gasteiger partial charge in [0.1, 0.15) is 0 Å². The van der Waals surface area contributed by atoms with Gasteiger partial charge in [0.15, 0.2) is 0 Å². The Kier molecular flexibility index (Phi) is 3.07. The minimum atomic E-state index is -4.96. The van der Waals surface area contributed by atoms with Crippen LogP contribution in [0.25, 0.3) is 11.0 Å². The van der Waals surface area contributed by atoms with Crippen LogP contribution in [0.1, 0.15) is 6.42 Å². The lowest BCUT2D eigenvalue weighted by Gasteiger charge is -2.24. The third kappa shape index (κ3) is 2.42. The van der Waals surface area contributed by atoms with Gasteiger partial charge in [0.05, 0.1) is 4.91 Å². The van der Waals surface area contributed by atoms with Crippen LogP contribution < -0.4 is 10.4 Å². The molecule has 0 saturated heterocycles. The van der Waals surface area contributed by atoms with E-state index in [4.69, 9.17) is 9.11 Å². The zero-order valence-electron chi connectivity index (χ0n) is 9.38. The van der Waals surface area contributed by atoms with Crippen molar-refractivity contribution in [2.24, 2.45) is 0 Å². The smallest absolute Gasteiger partial charge is 0.299 e. The molecule has 1 unspecified atom stereocenters. The summed E-state index contributed by atoms with van der Waals surface area (Å²) in [5.41, 5.74) is 0. The number of fused-ring (bicyclic) bond motifs is 1. The molecule has 0 aromatic heterocycles. The quantitative estimate of drug-likeness (QED) is 0.564. The Morgan fingerprint density at radius 3 is 2.16 bits per heavy atom. The summed E-state index contributed by atoms with van der Waals surface area (Å²) in [6.07, 6.45) is -0.117. The van der Waals surface area contributed by atoms with E-state index < -0.39 is 36.5 Å². The third-order valence-corrected chi connectivity index (χ3v) is 4.96. The van der Waals surface area contributed by atoms with Gasteiger partial charge in [-0.2, -0.15) is 16.8 Å². The average Bonchev–Trinajstić information content (AvgIpc) is 2.25. The van der Waals surface area contributed by atoms with Gasteiger partial charge >= 0.3 is 0 Å². The molecule has 19 heavy (non-hydrogen) atoms. The third-order valence-electron chi connectivity index (χ3n) is 2.81. The summed E-state index contributed by atoms with van der Waals surface area (Å²) in [6, 6.07) is 5.71. The first-order chi connectivity index (χ1) is 8.55. The largest absolute Gasteiger partial charge is 0.369 e. The van der Waals surface area contributed by atoms with Crippen LogP contribution in [0.5, 0.6) is 0 Å². The normalized spacial score (nSPS) is 23.6. The summed E-state index contributed by atoms with van der Waals surface area (Å²) in [6.45, 7) is 0. The lowest BCUT2D eigenvalue weighted by molar-refractivity contribution is 0.180. The summed E-state index contributed by atoms with van der Waals surface area (Å²) in [5, 5.41) is 10.1. The molecule has 0 aliphatic heterocycles. The fourth-order valence-electron chi connectivity index (χ4n) is 1.89. The van der Waals surface area contributed by atoms with Crippen LogP contribution in [-0.4, -0.2) is 36.0 Å². The molecule has 0 heterocycles. The van der Waals surface area contributed by atoms with E-state index in [9.17, 15) is 21.9 Å². The molecule has 0 saturated carbocycles. The van der Waals surface area contributed by atoms with Crippen LogP contribution in [0, 0.1) is 0 Å². The molecule has 0 amide bonds. The van der Waals surface area contributed by atoms with E-state index in [0.717, 1.165) is 6.08 Å². The molecule has 1 atom stereocenters. The second kappa shape index (κ2) is 4.12. The van der Waals surface area contributed by atoms with Gasteiger partial charge in [-0.15, -0.1) is 0 Å². The highest BCUT2D eigenvalue weighted by atomic mass is 32.2. The number of rotatable bonds is 2. The molecule has 0 spiro atoms. The van der Waals surface area contributed by atoms with Crippen LogP contribution in [0.3, 0.4) is 0 Å². The number of aliphatic hydroxyl groups is 1. The van der Waals surface area contributed by atoms with Crippen molar-refractivity contribution in [3.8, 4) is 0 Å². The van der Waals surface area contributed by atoms with Gasteiger partial charge in [-0.3, -0.25) is 9.11 Å². The molecular weight excluding hydrogens is 296 g/mol. The Labute approximate surface area is 109 Å². The summed E-state index contributed by atoms with van der Waals surface area (Å²) < 4.78 is 63.0. The Balaban J connectivity index is 2.94. The Morgan fingerprint density at radius 2 is 1.63 bits per heavy atom. The van der Waals surface area contributed by atoms with Crippen molar-refractivity contribution in [1.29, 1.82) is 0 Å². The van der Waals surface area contributed by atoms with E-state index >= 15 is 0 Å². The molecule has 0 bridgehead atoms. The highest BCUT2D eigenvalue weighted by Gasteiger charge is 2.43. The molecular formula is C10H10O7S2. The second-order valence-electron chi connectivity index (χ2n) is 4.13. The first kappa shape index (κ1) is 14.2. The van der Waals surface area contributed by atoms with Gasteiger partial charge in [0.2, 0.25) is 4.93 Å². The van der Waals surface area contributed by atoms with Gasteiger partial charge in [0, 0.05) is 6.42 Å². The maximum atomic E-state index is 11.3. The molecule has 7 nitrogen and oxygen atoms in total. The molecule has 1 aromatic carbocycles. The summed E-state index contributed by atoms with van der Waals surface area (Å²) >= 11 is 0. The highest BCUT2D eigenvalue weighted by Crippen LogP contribution is 2.28. The van der Waals surface area contributed by atoms with E-state index in [-0.39, 0.29) is 10.4 Å². The van der Waals surface area contributed by atoms with E-state index in [2.05, 4.69) is 0 Å². The first-order valence-electron chi connectivity index (χ1n) is 5.03. The van der Waals surface area contributed by atoms with Crippen LogP contribution in [-0.2, 0) is 20.2 Å². The predicted octanol–water partition coefficient (Wildman–Crippen LogP) is -1.56. The maximum absolute atomic E-state index is 11.3. The van der Waals surface area contributed by atoms with Crippen molar-refractivity contribution in [1.82, 2.24) is 0 Å². The van der Waals surface area contributed by atoms with Crippen molar-refractivity contribution >= 4 is 31.2 Å². The van der Waals surface area contributed by atoms with Crippen LogP contribution in [0.15, 0.2) is 24.3 Å². The Bertz CT molecular complexity index is 851. The van der Waals surface area contributed by atoms with Gasteiger partial charge < -0.3 is 5.11 Å². The molecule has 2 rings (SSSR count). The van der Waals surface area contributed by atoms with Crippen molar-refractivity contribution in [2.75, 3.05) is 0 Å². The molecule has 1 aliphatic carbocycles. The fourth-order valence-corrected chi connectivity index (χ4v) is 3.45. The minimum Gasteiger partial charge on any atom is -0.369 e. The van der Waals surface area contributed by atoms with Crippen LogP contribution in [0.2, 0.25) is 0 Å². The van der Waals surface area contributed by atoms with Crippen molar-refractivity contribution < 1.29 is 31.0 Å². The standard InChI is InChI=1S/C10H10O7S2/c11-10(19(15,16)17)5-7-3-1-2-4-8(7)9(6-10)18(12,13)14/h1-5,11H,6H2,(H,12,13,14)(H,15,16,17). The van der Waals surface area contributed by atoms with Crippen LogP contribution in [0.4, 0.5) is 0 Å². The fraction of sp³-hybridized carbons (Fsp3) is 0.200. The van der Waals surface area contributed by atoms with Crippen molar-refractivity contribution in [3.63, 3.8) is 0 Å². The van der Waals surface area contributed by atoms with Crippen molar-refractivity contribution in [3.05, 3.63) is 34.7 Å². The zero-order valence-corrected chi connectivity index (χ0v) is 11.0. The van der Waals surface area contributed by atoms with E-state index in [1.807, 2.05) is 0 Å². The molecule has 1 aliphatic rings. The van der Waals surface area contributed by atoms with E-state index in [1.165, 1.54) is 24.3 Å². The number of hydrogen-bond donors (Lipinski definition) is 3. The van der Waals surface area contributed by atoms with E-state index in [1.54, 1.807) is 0 Å². The maximum Gasteiger partial charge on any atom is 0.299 e. The highest BCUT2D eigenvalue weighted by molar-refractivity contribution is 7.95. The summed E-state index contributed by atoms with van der Waals surface area (Å²) in [4.78, 5) is -3.45. The van der Waals surface area contributed by atoms with Gasteiger partial charge in [-0.05, 0) is 16.5 Å². The molecule has 3 N–H and O–H groups in total. The van der Waals surface area contributed by atoms with Gasteiger partial charge in [-0.1, -0.05) is 24.3 Å². The SMILES string of the molecule is O=S(=O)(O)C1=c2ccccc2=CC(O)(S(=O)(=O)O)C1. The Hall–Kier alpha value is -1.26. The van der Waals surface area contributed by atoms with Crippen molar-refractivity contribution in [2.45, 2.75) is 11.4 Å². The lowest BCUT2D eigenvalue weighted by atomic mass is 10.1. The van der Waals surface area contributed by atoms with Gasteiger partial charge in [0.25, 0.3) is 20.2 Å². The lowest BCUT2D eigenvalue weighted by Crippen LogP contribution is -2.46. The van der Waals surface area contributed by atoms with Crippen LogP contribution >= 0.6 is 0 Å². The summed E-state index contributed by atoms with van der Waals surface area (Å²) in [7, 11) is -9.67.